The van der Waals surface area contributed by atoms with E-state index >= 15 is 0 Å². The van der Waals surface area contributed by atoms with Gasteiger partial charge in [0.15, 0.2) is 0 Å². The van der Waals surface area contributed by atoms with Gasteiger partial charge in [-0.05, 0) is 30.7 Å². The van der Waals surface area contributed by atoms with Crippen LogP contribution >= 0.6 is 11.6 Å². The number of hydrogen-bond donors (Lipinski definition) is 2. The van der Waals surface area contributed by atoms with Gasteiger partial charge in [0.1, 0.15) is 5.69 Å². The number of halogens is 1. The molecule has 8 heteroatoms. The second-order valence-corrected chi connectivity index (χ2v) is 7.28. The van der Waals surface area contributed by atoms with Gasteiger partial charge in [0.25, 0.3) is 11.8 Å². The molecule has 2 aromatic rings. The van der Waals surface area contributed by atoms with Crippen LogP contribution in [-0.4, -0.2) is 60.7 Å². The van der Waals surface area contributed by atoms with E-state index < -0.39 is 0 Å². The van der Waals surface area contributed by atoms with Crippen molar-refractivity contribution in [3.8, 4) is 0 Å². The Kier molecular flexibility index (Phi) is 6.72. The molecule has 1 saturated heterocycles. The first kappa shape index (κ1) is 20.4. The molecular weight excluding hydrogens is 380 g/mol. The Balaban J connectivity index is 1.61. The van der Waals surface area contributed by atoms with E-state index in [9.17, 15) is 9.59 Å². The van der Waals surface area contributed by atoms with Gasteiger partial charge in [-0.25, -0.2) is 0 Å². The first-order chi connectivity index (χ1) is 13.4. The molecule has 0 radical (unpaired) electrons. The van der Waals surface area contributed by atoms with E-state index in [2.05, 4.69) is 15.5 Å². The van der Waals surface area contributed by atoms with E-state index in [-0.39, 0.29) is 11.8 Å². The van der Waals surface area contributed by atoms with Crippen molar-refractivity contribution in [2.75, 3.05) is 44.7 Å². The molecule has 7 nitrogen and oxygen atoms in total. The van der Waals surface area contributed by atoms with Crippen LogP contribution in [0, 0.1) is 6.92 Å². The molecule has 1 aromatic heterocycles. The summed E-state index contributed by atoms with van der Waals surface area (Å²) in [6.45, 7) is 6.49. The predicted molar refractivity (Wildman–Crippen MR) is 109 cm³/mol. The van der Waals surface area contributed by atoms with Crippen LogP contribution in [0.1, 0.15) is 26.4 Å². The topological polar surface area (TPSA) is 75.6 Å². The van der Waals surface area contributed by atoms with Crippen LogP contribution in [-0.2, 0) is 11.8 Å². The summed E-state index contributed by atoms with van der Waals surface area (Å²) < 4.78 is 6.98. The van der Waals surface area contributed by atoms with Crippen molar-refractivity contribution >= 4 is 29.1 Å². The molecule has 150 valence electrons. The average Bonchev–Trinajstić information content (AvgIpc) is 3.02. The van der Waals surface area contributed by atoms with E-state index in [1.54, 1.807) is 36.0 Å². The highest BCUT2D eigenvalue weighted by molar-refractivity contribution is 6.31. The summed E-state index contributed by atoms with van der Waals surface area (Å²) in [4.78, 5) is 27.3. The Morgan fingerprint density at radius 2 is 1.93 bits per heavy atom. The minimum absolute atomic E-state index is 0.161. The third-order valence-corrected chi connectivity index (χ3v) is 4.98. The fourth-order valence-electron chi connectivity index (χ4n) is 3.09. The molecule has 1 aromatic carbocycles. The molecule has 0 bridgehead atoms. The normalized spacial score (nSPS) is 14.7. The molecule has 28 heavy (non-hydrogen) atoms. The highest BCUT2D eigenvalue weighted by Gasteiger charge is 2.15. The molecule has 1 aliphatic rings. The van der Waals surface area contributed by atoms with Crippen molar-refractivity contribution in [3.05, 3.63) is 52.3 Å². The van der Waals surface area contributed by atoms with Crippen LogP contribution < -0.4 is 10.6 Å². The van der Waals surface area contributed by atoms with Crippen molar-refractivity contribution in [1.82, 2.24) is 14.8 Å². The van der Waals surface area contributed by atoms with Crippen molar-refractivity contribution in [3.63, 3.8) is 0 Å². The molecule has 1 fully saturated rings. The number of benzene rings is 1. The summed E-state index contributed by atoms with van der Waals surface area (Å²) in [7, 11) is 1.76. The first-order valence-corrected chi connectivity index (χ1v) is 9.64. The van der Waals surface area contributed by atoms with Crippen LogP contribution in [0.15, 0.2) is 30.5 Å². The Morgan fingerprint density at radius 3 is 2.61 bits per heavy atom. The van der Waals surface area contributed by atoms with Crippen LogP contribution in [0.25, 0.3) is 0 Å². The second kappa shape index (κ2) is 9.23. The molecule has 2 heterocycles. The average molecular weight is 405 g/mol. The van der Waals surface area contributed by atoms with Crippen LogP contribution in [0.2, 0.25) is 5.02 Å². The van der Waals surface area contributed by atoms with Gasteiger partial charge < -0.3 is 19.9 Å². The molecule has 0 saturated carbocycles. The van der Waals surface area contributed by atoms with Gasteiger partial charge in [0, 0.05) is 50.7 Å². The minimum atomic E-state index is -0.276. The van der Waals surface area contributed by atoms with E-state index in [1.165, 1.54) is 0 Å². The highest BCUT2D eigenvalue weighted by atomic mass is 35.5. The molecule has 3 rings (SSSR count). The molecule has 0 atom stereocenters. The largest absolute Gasteiger partial charge is 0.379 e. The van der Waals surface area contributed by atoms with E-state index in [4.69, 9.17) is 16.3 Å². The SMILES string of the molecule is Cc1ccc(C(=O)NCCN2CCOCC2)cc1NC(=O)c1cc(Cl)cn1C. The maximum Gasteiger partial charge on any atom is 0.272 e. The molecule has 0 unspecified atom stereocenters. The Labute approximate surface area is 169 Å². The van der Waals surface area contributed by atoms with Crippen LogP contribution in [0.5, 0.6) is 0 Å². The molecule has 0 spiro atoms. The van der Waals surface area contributed by atoms with Gasteiger partial charge in [-0.2, -0.15) is 0 Å². The predicted octanol–water partition coefficient (Wildman–Crippen LogP) is 2.30. The van der Waals surface area contributed by atoms with Crippen molar-refractivity contribution in [2.45, 2.75) is 6.92 Å². The van der Waals surface area contributed by atoms with Crippen molar-refractivity contribution < 1.29 is 14.3 Å². The molecule has 2 amide bonds. The summed E-state index contributed by atoms with van der Waals surface area (Å²) in [5.74, 6) is -0.437. The number of nitrogens with one attached hydrogen (secondary N) is 2. The number of ether oxygens (including phenoxy) is 1. The van der Waals surface area contributed by atoms with Gasteiger partial charge in [-0.3, -0.25) is 14.5 Å². The highest BCUT2D eigenvalue weighted by Crippen LogP contribution is 2.19. The number of amides is 2. The van der Waals surface area contributed by atoms with Gasteiger partial charge >= 0.3 is 0 Å². The lowest BCUT2D eigenvalue weighted by molar-refractivity contribution is 0.0383. The van der Waals surface area contributed by atoms with Crippen molar-refractivity contribution in [2.24, 2.45) is 7.05 Å². The van der Waals surface area contributed by atoms with Crippen molar-refractivity contribution in [1.29, 1.82) is 0 Å². The number of anilines is 1. The quantitative estimate of drug-likeness (QED) is 0.774. The summed E-state index contributed by atoms with van der Waals surface area (Å²) in [6, 6.07) is 6.88. The van der Waals surface area contributed by atoms with Gasteiger partial charge in [-0.15, -0.1) is 0 Å². The zero-order valence-electron chi connectivity index (χ0n) is 16.1. The third kappa shape index (κ3) is 5.13. The van der Waals surface area contributed by atoms with E-state index in [0.717, 1.165) is 38.4 Å². The fourth-order valence-corrected chi connectivity index (χ4v) is 3.34. The lowest BCUT2D eigenvalue weighted by Crippen LogP contribution is -2.41. The Bertz CT molecular complexity index is 859. The monoisotopic (exact) mass is 404 g/mol. The maximum atomic E-state index is 12.5. The lowest BCUT2D eigenvalue weighted by Gasteiger charge is -2.26. The van der Waals surface area contributed by atoms with Crippen LogP contribution in [0.4, 0.5) is 5.69 Å². The fraction of sp³-hybridized carbons (Fsp3) is 0.400. The summed E-state index contributed by atoms with van der Waals surface area (Å²) >= 11 is 5.95. The molecule has 0 aliphatic carbocycles. The molecule has 2 N–H and O–H groups in total. The van der Waals surface area contributed by atoms with E-state index in [1.807, 2.05) is 13.0 Å². The van der Waals surface area contributed by atoms with Gasteiger partial charge in [0.05, 0.1) is 18.2 Å². The number of aromatic nitrogens is 1. The zero-order valence-corrected chi connectivity index (χ0v) is 16.9. The summed E-state index contributed by atoms with van der Waals surface area (Å²) in [6.07, 6.45) is 1.67. The van der Waals surface area contributed by atoms with Gasteiger partial charge in [0.2, 0.25) is 0 Å². The number of morpholine rings is 1. The first-order valence-electron chi connectivity index (χ1n) is 9.26. The maximum absolute atomic E-state index is 12.5. The standard InChI is InChI=1S/C20H25ClN4O3/c1-14-3-4-15(19(26)22-5-6-25-7-9-28-10-8-25)11-17(14)23-20(27)18-12-16(21)13-24(18)2/h3-4,11-13H,5-10H2,1-2H3,(H,22,26)(H,23,27). The van der Waals surface area contributed by atoms with Crippen LogP contribution in [0.3, 0.4) is 0 Å². The number of carbonyl (C=O) groups is 2. The number of rotatable bonds is 6. The van der Waals surface area contributed by atoms with Gasteiger partial charge in [-0.1, -0.05) is 17.7 Å². The number of hydrogen-bond acceptors (Lipinski definition) is 4. The number of aryl methyl sites for hydroxylation is 2. The molecular formula is C20H25ClN4O3. The second-order valence-electron chi connectivity index (χ2n) is 6.85. The minimum Gasteiger partial charge on any atom is -0.379 e. The Hall–Kier alpha value is -2.35. The summed E-state index contributed by atoms with van der Waals surface area (Å²) in [5, 5.41) is 6.30. The lowest BCUT2D eigenvalue weighted by atomic mass is 10.1. The Morgan fingerprint density at radius 1 is 1.18 bits per heavy atom. The third-order valence-electron chi connectivity index (χ3n) is 4.77. The molecule has 1 aliphatic heterocycles. The summed E-state index contributed by atoms with van der Waals surface area (Å²) in [5.41, 5.74) is 2.43. The van der Waals surface area contributed by atoms with E-state index in [0.29, 0.717) is 28.5 Å². The zero-order chi connectivity index (χ0) is 20.1. The smallest absolute Gasteiger partial charge is 0.272 e. The number of nitrogens with zero attached hydrogens (tertiary/aromatic N) is 2. The number of carbonyl (C=O) groups excluding carboxylic acids is 2.